The first-order valence-electron chi connectivity index (χ1n) is 27.6. The molecule has 0 saturated carbocycles. The maximum Gasteiger partial charge on any atom is 0.338 e. The molecule has 7 aromatic rings. The normalized spacial score (nSPS) is 23.8. The van der Waals surface area contributed by atoms with Crippen LogP contribution in [0.5, 0.6) is 0 Å². The molecule has 7 aromatic carbocycles. The molecular formula is C67H64O17. The summed E-state index contributed by atoms with van der Waals surface area (Å²) >= 11 is 0. The van der Waals surface area contributed by atoms with Gasteiger partial charge in [-0.1, -0.05) is 164 Å². The fraction of sp³-hybridized carbons (Fsp3) is 0.284. The predicted octanol–water partition coefficient (Wildman–Crippen LogP) is 9.69. The molecule has 3 aliphatic heterocycles. The van der Waals surface area contributed by atoms with Crippen molar-refractivity contribution in [2.45, 2.75) is 87.5 Å². The minimum Gasteiger partial charge on any atom is -0.459 e. The molecule has 17 nitrogen and oxygen atoms in total. The van der Waals surface area contributed by atoms with Gasteiger partial charge >= 0.3 is 23.9 Å². The van der Waals surface area contributed by atoms with Gasteiger partial charge in [-0.25, -0.2) is 19.2 Å². The van der Waals surface area contributed by atoms with Crippen LogP contribution < -0.4 is 0 Å². The number of carbonyl (C=O) groups excluding carboxylic acids is 4. The van der Waals surface area contributed by atoms with Crippen molar-refractivity contribution in [3.8, 4) is 0 Å². The van der Waals surface area contributed by atoms with Crippen LogP contribution in [0.4, 0.5) is 0 Å². The molecule has 0 unspecified atom stereocenters. The molecule has 0 radical (unpaired) electrons. The molecule has 17 heteroatoms. The standard InChI is InChI=1S/C67H64O17/c1-72-66-60(58(76-40-47-27-13-4-14-28-47)56(75-39-46-25-11-3-12-26-46)53(79-66)43-73-38-45-23-9-2-10-24-45)81-55-37-48(41-74-55)42-78-67-61(84-65(71)52-35-21-8-22-36-52)59(83-64(70)51-33-19-7-20-34-51)57(82-63(69)50-31-17-6-18-32-50)54(80-67)44-77-62(68)49-29-15-5-16-30-49/h2-37,53-61,66-67H,38-44H2,1H3/t53-,54-,55-,56-,57-,58+,59+,60-,61-,66-,67-/m1/s1. The second-order valence-corrected chi connectivity index (χ2v) is 19.9. The van der Waals surface area contributed by atoms with Crippen molar-refractivity contribution in [2.24, 2.45) is 0 Å². The quantitative estimate of drug-likeness (QED) is 0.0299. The molecular weight excluding hydrogens is 1080 g/mol. The van der Waals surface area contributed by atoms with Gasteiger partial charge in [-0.3, -0.25) is 0 Å². The van der Waals surface area contributed by atoms with Gasteiger partial charge in [0.05, 0.1) is 61.9 Å². The monoisotopic (exact) mass is 1140 g/mol. The molecule has 0 amide bonds. The van der Waals surface area contributed by atoms with Crippen LogP contribution in [-0.2, 0) is 81.4 Å². The molecule has 10 rings (SSSR count). The van der Waals surface area contributed by atoms with E-state index in [0.717, 1.165) is 16.7 Å². The van der Waals surface area contributed by atoms with Crippen LogP contribution in [0.3, 0.4) is 0 Å². The van der Waals surface area contributed by atoms with Gasteiger partial charge in [0, 0.05) is 7.11 Å². The SMILES string of the molecule is CO[C@@H]1O[C@H](COCc2ccccc2)[C@@H](OCc2ccccc2)[C@H](OCc2ccccc2)[C@H]1O[C@@H]1C=C(CO[C@@H]2O[C@H](COC(=O)c3ccccc3)[C@@H](OC(=O)c3ccccc3)[C@H](OC(=O)c3ccccc3)[C@H]2OC(=O)c2ccccc2)CO1. The number of esters is 4. The second kappa shape index (κ2) is 29.9. The Bertz CT molecular complexity index is 3190. The first-order chi connectivity index (χ1) is 41.3. The summed E-state index contributed by atoms with van der Waals surface area (Å²) in [5.74, 6) is -3.23. The Morgan fingerprint density at radius 1 is 0.405 bits per heavy atom. The summed E-state index contributed by atoms with van der Waals surface area (Å²) in [6.45, 7) is 0.134. The molecule has 2 saturated heterocycles. The first kappa shape index (κ1) is 59.0. The van der Waals surface area contributed by atoms with Gasteiger partial charge < -0.3 is 61.6 Å². The maximum atomic E-state index is 14.2. The molecule has 2 fully saturated rings. The van der Waals surface area contributed by atoms with E-state index >= 15 is 0 Å². The third kappa shape index (κ3) is 15.9. The van der Waals surface area contributed by atoms with E-state index < -0.39 is 98.2 Å². The lowest BCUT2D eigenvalue weighted by molar-refractivity contribution is -0.336. The maximum absolute atomic E-state index is 14.2. The third-order valence-corrected chi connectivity index (χ3v) is 14.1. The van der Waals surface area contributed by atoms with E-state index in [0.29, 0.717) is 12.2 Å². The molecule has 84 heavy (non-hydrogen) atoms. The van der Waals surface area contributed by atoms with Gasteiger partial charge in [-0.05, 0) is 76.9 Å². The zero-order valence-electron chi connectivity index (χ0n) is 46.0. The van der Waals surface area contributed by atoms with Crippen LogP contribution in [0, 0.1) is 0 Å². The molecule has 0 aromatic heterocycles. The Morgan fingerprint density at radius 3 is 1.32 bits per heavy atom. The number of rotatable bonds is 25. The molecule has 11 atom stereocenters. The second-order valence-electron chi connectivity index (χ2n) is 19.9. The Hall–Kier alpha value is -8.20. The van der Waals surface area contributed by atoms with Crippen LogP contribution in [0.1, 0.15) is 58.1 Å². The Balaban J connectivity index is 0.938. The minimum atomic E-state index is -1.63. The first-order valence-corrected chi connectivity index (χ1v) is 27.6. The topological polar surface area (TPSA) is 188 Å². The molecule has 0 spiro atoms. The number of methoxy groups -OCH3 is 1. The number of hydrogen-bond acceptors (Lipinski definition) is 17. The highest BCUT2D eigenvalue weighted by Crippen LogP contribution is 2.35. The zero-order valence-corrected chi connectivity index (χ0v) is 46.0. The van der Waals surface area contributed by atoms with E-state index in [2.05, 4.69) is 0 Å². The lowest BCUT2D eigenvalue weighted by Gasteiger charge is -2.46. The largest absolute Gasteiger partial charge is 0.459 e. The van der Waals surface area contributed by atoms with Crippen molar-refractivity contribution in [3.05, 3.63) is 263 Å². The van der Waals surface area contributed by atoms with E-state index in [4.69, 9.17) is 61.6 Å². The predicted molar refractivity (Wildman–Crippen MR) is 303 cm³/mol. The average molecular weight is 1140 g/mol. The van der Waals surface area contributed by atoms with E-state index in [-0.39, 0.29) is 55.3 Å². The molecule has 3 aliphatic rings. The van der Waals surface area contributed by atoms with Crippen molar-refractivity contribution in [1.29, 1.82) is 0 Å². The van der Waals surface area contributed by atoms with Gasteiger partial charge in [-0.15, -0.1) is 0 Å². The third-order valence-electron chi connectivity index (χ3n) is 14.1. The van der Waals surface area contributed by atoms with Crippen molar-refractivity contribution in [1.82, 2.24) is 0 Å². The Labute approximate surface area is 486 Å². The van der Waals surface area contributed by atoms with Crippen molar-refractivity contribution < 1.29 is 80.8 Å². The summed E-state index contributed by atoms with van der Waals surface area (Å²) < 4.78 is 83.4. The highest BCUT2D eigenvalue weighted by Gasteiger charge is 2.54. The number of hydrogen-bond donors (Lipinski definition) is 0. The highest BCUT2D eigenvalue weighted by atomic mass is 16.8. The average Bonchev–Trinajstić information content (AvgIpc) is 4.01. The van der Waals surface area contributed by atoms with Gasteiger partial charge in [0.2, 0.25) is 0 Å². The lowest BCUT2D eigenvalue weighted by Crippen LogP contribution is -2.63. The smallest absolute Gasteiger partial charge is 0.338 e. The summed E-state index contributed by atoms with van der Waals surface area (Å²) in [5, 5.41) is 0. The lowest BCUT2D eigenvalue weighted by atomic mass is 9.97. The minimum absolute atomic E-state index is 0.00163. The Kier molecular flexibility index (Phi) is 21.0. The number of carbonyl (C=O) groups is 4. The highest BCUT2D eigenvalue weighted by molar-refractivity contribution is 5.91. The van der Waals surface area contributed by atoms with Gasteiger partial charge in [0.15, 0.2) is 37.2 Å². The summed E-state index contributed by atoms with van der Waals surface area (Å²) in [6.07, 6.45) is -11.2. The molecule has 0 aliphatic carbocycles. The van der Waals surface area contributed by atoms with Gasteiger partial charge in [0.1, 0.15) is 37.1 Å². The van der Waals surface area contributed by atoms with Crippen LogP contribution in [0.2, 0.25) is 0 Å². The van der Waals surface area contributed by atoms with Crippen LogP contribution in [-0.4, -0.2) is 125 Å². The fourth-order valence-corrected chi connectivity index (χ4v) is 9.79. The Morgan fingerprint density at radius 2 is 0.821 bits per heavy atom. The van der Waals surface area contributed by atoms with Crippen molar-refractivity contribution >= 4 is 23.9 Å². The number of ether oxygens (including phenoxy) is 13. The van der Waals surface area contributed by atoms with Crippen molar-refractivity contribution in [2.75, 3.05) is 33.5 Å². The van der Waals surface area contributed by atoms with E-state index in [9.17, 15) is 19.2 Å². The molecule has 0 N–H and O–H groups in total. The zero-order chi connectivity index (χ0) is 57.9. The number of benzene rings is 7. The van der Waals surface area contributed by atoms with Gasteiger partial charge in [0.25, 0.3) is 0 Å². The van der Waals surface area contributed by atoms with Crippen LogP contribution >= 0.6 is 0 Å². The summed E-state index contributed by atoms with van der Waals surface area (Å²) in [6, 6.07) is 62.0. The van der Waals surface area contributed by atoms with Crippen LogP contribution in [0.25, 0.3) is 0 Å². The molecule has 434 valence electrons. The summed E-state index contributed by atoms with van der Waals surface area (Å²) in [7, 11) is 1.52. The fourth-order valence-electron chi connectivity index (χ4n) is 9.79. The van der Waals surface area contributed by atoms with E-state index in [1.54, 1.807) is 127 Å². The van der Waals surface area contributed by atoms with Crippen molar-refractivity contribution in [3.63, 3.8) is 0 Å². The summed E-state index contributed by atoms with van der Waals surface area (Å²) in [4.78, 5) is 56.0. The van der Waals surface area contributed by atoms with E-state index in [1.165, 1.54) is 7.11 Å². The molecule has 0 bridgehead atoms. The summed E-state index contributed by atoms with van der Waals surface area (Å²) in [5.41, 5.74) is 4.09. The van der Waals surface area contributed by atoms with E-state index in [1.807, 2.05) is 91.0 Å². The molecule has 3 heterocycles. The van der Waals surface area contributed by atoms with Crippen LogP contribution in [0.15, 0.2) is 224 Å². The van der Waals surface area contributed by atoms with Gasteiger partial charge in [-0.2, -0.15) is 0 Å².